The largest absolute Gasteiger partial charge is 0.356 e. The summed E-state index contributed by atoms with van der Waals surface area (Å²) in [4.78, 5) is 12.7. The summed E-state index contributed by atoms with van der Waals surface area (Å²) >= 11 is 1.78. The number of guanidine groups is 1. The highest BCUT2D eigenvalue weighted by molar-refractivity contribution is 14.0. The second kappa shape index (κ2) is 11.7. The Balaban J connectivity index is 0.00000280. The van der Waals surface area contributed by atoms with Crippen LogP contribution in [0.25, 0.3) is 0 Å². The topological polar surface area (TPSA) is 52.6 Å². The summed E-state index contributed by atoms with van der Waals surface area (Å²) in [6.07, 6.45) is 3.66. The first-order valence-electron chi connectivity index (χ1n) is 9.81. The quantitative estimate of drug-likeness (QED) is 0.335. The lowest BCUT2D eigenvalue weighted by Crippen LogP contribution is -2.37. The van der Waals surface area contributed by atoms with Crippen molar-refractivity contribution in [3.63, 3.8) is 0 Å². The number of hydrogen-bond acceptors (Lipinski definition) is 4. The third-order valence-corrected chi connectivity index (χ3v) is 6.09. The van der Waals surface area contributed by atoms with Gasteiger partial charge in [0, 0.05) is 38.0 Å². The Morgan fingerprint density at radius 1 is 1.11 bits per heavy atom. The van der Waals surface area contributed by atoms with Gasteiger partial charge in [0.1, 0.15) is 0 Å². The van der Waals surface area contributed by atoms with E-state index in [0.29, 0.717) is 0 Å². The van der Waals surface area contributed by atoms with Gasteiger partial charge in [0.2, 0.25) is 0 Å². The standard InChI is InChI=1S/C21H31N5S.HI/c1-16-20(27-17(2)25-16)10-11-23-21(22-3)24-14-18-6-8-19(9-7-18)15-26-12-4-5-13-26;/h6-9H,4-5,10-15H2,1-3H3,(H2,22,23,24);1H. The lowest BCUT2D eigenvalue weighted by atomic mass is 10.1. The van der Waals surface area contributed by atoms with E-state index in [-0.39, 0.29) is 24.0 Å². The predicted octanol–water partition coefficient (Wildman–Crippen LogP) is 3.88. The Bertz CT molecular complexity index is 751. The average molecular weight is 513 g/mol. The van der Waals surface area contributed by atoms with E-state index in [4.69, 9.17) is 0 Å². The van der Waals surface area contributed by atoms with Gasteiger partial charge in [-0.2, -0.15) is 0 Å². The summed E-state index contributed by atoms with van der Waals surface area (Å²) in [6.45, 7) is 9.34. The fourth-order valence-electron chi connectivity index (χ4n) is 3.47. The van der Waals surface area contributed by atoms with Crippen LogP contribution < -0.4 is 10.6 Å². The number of benzene rings is 1. The number of aryl methyl sites for hydroxylation is 2. The average Bonchev–Trinajstić information content (AvgIpc) is 3.28. The van der Waals surface area contributed by atoms with Crippen molar-refractivity contribution in [2.75, 3.05) is 26.7 Å². The molecule has 1 aromatic heterocycles. The van der Waals surface area contributed by atoms with Crippen LogP contribution in [0.1, 0.15) is 39.5 Å². The van der Waals surface area contributed by atoms with Crippen LogP contribution in [0.3, 0.4) is 0 Å². The van der Waals surface area contributed by atoms with E-state index in [1.54, 1.807) is 11.3 Å². The smallest absolute Gasteiger partial charge is 0.191 e. The molecule has 0 spiro atoms. The van der Waals surface area contributed by atoms with Crippen molar-refractivity contribution >= 4 is 41.3 Å². The molecule has 0 amide bonds. The van der Waals surface area contributed by atoms with E-state index in [9.17, 15) is 0 Å². The highest BCUT2D eigenvalue weighted by Crippen LogP contribution is 2.17. The van der Waals surface area contributed by atoms with Crippen molar-refractivity contribution in [1.82, 2.24) is 20.5 Å². The van der Waals surface area contributed by atoms with E-state index in [1.165, 1.54) is 41.9 Å². The summed E-state index contributed by atoms with van der Waals surface area (Å²) in [6, 6.07) is 8.94. The van der Waals surface area contributed by atoms with E-state index >= 15 is 0 Å². The van der Waals surface area contributed by atoms with Crippen LogP contribution >= 0.6 is 35.3 Å². The lowest BCUT2D eigenvalue weighted by molar-refractivity contribution is 0.331. The Morgan fingerprint density at radius 3 is 2.39 bits per heavy atom. The maximum Gasteiger partial charge on any atom is 0.191 e. The number of rotatable bonds is 7. The fourth-order valence-corrected chi connectivity index (χ4v) is 4.40. The van der Waals surface area contributed by atoms with Crippen molar-refractivity contribution in [3.8, 4) is 0 Å². The van der Waals surface area contributed by atoms with Gasteiger partial charge in [-0.05, 0) is 50.9 Å². The van der Waals surface area contributed by atoms with E-state index in [0.717, 1.165) is 42.7 Å². The van der Waals surface area contributed by atoms with Crippen LogP contribution in [0, 0.1) is 13.8 Å². The number of nitrogens with zero attached hydrogens (tertiary/aromatic N) is 3. The first kappa shape index (κ1) is 23.1. The van der Waals surface area contributed by atoms with Crippen LogP contribution in [-0.2, 0) is 19.5 Å². The molecule has 0 saturated carbocycles. The SMILES string of the molecule is CN=C(NCCc1sc(C)nc1C)NCc1ccc(CN2CCCC2)cc1.I. The van der Waals surface area contributed by atoms with Crippen molar-refractivity contribution in [3.05, 3.63) is 51.0 Å². The number of aromatic nitrogens is 1. The molecule has 1 aromatic carbocycles. The van der Waals surface area contributed by atoms with Crippen molar-refractivity contribution < 1.29 is 0 Å². The molecular formula is C21H32IN5S. The van der Waals surface area contributed by atoms with Crippen molar-refractivity contribution in [1.29, 1.82) is 0 Å². The van der Waals surface area contributed by atoms with Gasteiger partial charge in [-0.1, -0.05) is 24.3 Å². The predicted molar refractivity (Wildman–Crippen MR) is 130 cm³/mol. The van der Waals surface area contributed by atoms with E-state index in [2.05, 4.69) is 63.6 Å². The molecule has 0 aliphatic carbocycles. The molecule has 1 fully saturated rings. The van der Waals surface area contributed by atoms with Gasteiger partial charge in [-0.3, -0.25) is 9.89 Å². The molecule has 0 radical (unpaired) electrons. The Kier molecular flexibility index (Phi) is 9.67. The normalized spacial score (nSPS) is 14.8. The number of nitrogens with one attached hydrogen (secondary N) is 2. The van der Waals surface area contributed by atoms with Crippen LogP contribution in [0.2, 0.25) is 0 Å². The zero-order valence-electron chi connectivity index (χ0n) is 17.1. The lowest BCUT2D eigenvalue weighted by Gasteiger charge is -2.15. The van der Waals surface area contributed by atoms with Crippen LogP contribution in [0.15, 0.2) is 29.3 Å². The second-order valence-corrected chi connectivity index (χ2v) is 8.43. The fraction of sp³-hybridized carbons (Fsp3) is 0.524. The highest BCUT2D eigenvalue weighted by atomic mass is 127. The molecule has 3 rings (SSSR count). The maximum atomic E-state index is 4.49. The minimum atomic E-state index is 0. The Labute approximate surface area is 190 Å². The van der Waals surface area contributed by atoms with Gasteiger partial charge in [-0.25, -0.2) is 4.98 Å². The van der Waals surface area contributed by atoms with Gasteiger partial charge in [0.05, 0.1) is 10.7 Å². The molecule has 0 unspecified atom stereocenters. The zero-order chi connectivity index (χ0) is 19.1. The van der Waals surface area contributed by atoms with Crippen molar-refractivity contribution in [2.45, 2.75) is 46.2 Å². The second-order valence-electron chi connectivity index (χ2n) is 7.14. The van der Waals surface area contributed by atoms with Crippen LogP contribution in [-0.4, -0.2) is 42.5 Å². The highest BCUT2D eigenvalue weighted by Gasteiger charge is 2.11. The maximum absolute atomic E-state index is 4.49. The molecule has 0 atom stereocenters. The van der Waals surface area contributed by atoms with Gasteiger partial charge < -0.3 is 10.6 Å². The molecule has 154 valence electrons. The molecule has 5 nitrogen and oxygen atoms in total. The van der Waals surface area contributed by atoms with E-state index in [1.807, 2.05) is 7.05 Å². The van der Waals surface area contributed by atoms with Crippen LogP contribution in [0.4, 0.5) is 0 Å². The van der Waals surface area contributed by atoms with Gasteiger partial charge in [0.25, 0.3) is 0 Å². The molecular weight excluding hydrogens is 481 g/mol. The third kappa shape index (κ3) is 7.00. The molecule has 7 heteroatoms. The van der Waals surface area contributed by atoms with Gasteiger partial charge in [-0.15, -0.1) is 35.3 Å². The molecule has 2 heterocycles. The van der Waals surface area contributed by atoms with E-state index < -0.39 is 0 Å². The summed E-state index contributed by atoms with van der Waals surface area (Å²) in [5, 5.41) is 7.93. The number of halogens is 1. The van der Waals surface area contributed by atoms with Crippen molar-refractivity contribution in [2.24, 2.45) is 4.99 Å². The minimum absolute atomic E-state index is 0. The molecule has 2 N–H and O–H groups in total. The van der Waals surface area contributed by atoms with Gasteiger partial charge in [0.15, 0.2) is 5.96 Å². The molecule has 2 aromatic rings. The molecule has 28 heavy (non-hydrogen) atoms. The first-order chi connectivity index (χ1) is 13.1. The molecule has 0 bridgehead atoms. The summed E-state index contributed by atoms with van der Waals surface area (Å²) in [5.74, 6) is 0.843. The number of hydrogen-bond donors (Lipinski definition) is 2. The summed E-state index contributed by atoms with van der Waals surface area (Å²) < 4.78 is 0. The third-order valence-electron chi connectivity index (χ3n) is 4.96. The number of thiazole rings is 1. The van der Waals surface area contributed by atoms with Crippen LogP contribution in [0.5, 0.6) is 0 Å². The Hall–Kier alpha value is -1.19. The summed E-state index contributed by atoms with van der Waals surface area (Å²) in [5.41, 5.74) is 3.83. The first-order valence-corrected chi connectivity index (χ1v) is 10.6. The van der Waals surface area contributed by atoms with Gasteiger partial charge >= 0.3 is 0 Å². The number of likely N-dealkylation sites (tertiary alicyclic amines) is 1. The monoisotopic (exact) mass is 513 g/mol. The molecule has 1 aliphatic heterocycles. The molecule has 1 aliphatic rings. The Morgan fingerprint density at radius 2 is 1.79 bits per heavy atom. The minimum Gasteiger partial charge on any atom is -0.356 e. The molecule has 1 saturated heterocycles. The summed E-state index contributed by atoms with van der Waals surface area (Å²) in [7, 11) is 1.82. The number of aliphatic imine (C=N–C) groups is 1. The zero-order valence-corrected chi connectivity index (χ0v) is 20.3.